The molecule has 0 aliphatic carbocycles. The number of hydrogen-bond acceptors (Lipinski definition) is 4. The van der Waals surface area contributed by atoms with Crippen molar-refractivity contribution in [2.45, 2.75) is 54.0 Å². The zero-order valence-corrected chi connectivity index (χ0v) is 18.2. The van der Waals surface area contributed by atoms with Crippen molar-refractivity contribution < 1.29 is 0 Å². The molecule has 4 rings (SSSR count). The van der Waals surface area contributed by atoms with Gasteiger partial charge in [0.2, 0.25) is 0 Å². The Bertz CT molecular complexity index is 1270. The molecule has 2 aromatic rings. The van der Waals surface area contributed by atoms with E-state index in [9.17, 15) is 9.59 Å². The van der Waals surface area contributed by atoms with Gasteiger partial charge in [-0.2, -0.15) is 4.98 Å². The second-order valence-corrected chi connectivity index (χ2v) is 7.26. The molecule has 0 bridgehead atoms. The quantitative estimate of drug-likeness (QED) is 0.518. The van der Waals surface area contributed by atoms with Gasteiger partial charge >= 0.3 is 5.69 Å². The van der Waals surface area contributed by atoms with Crippen molar-refractivity contribution in [3.05, 3.63) is 79.5 Å². The third-order valence-corrected chi connectivity index (χ3v) is 5.31. The van der Waals surface area contributed by atoms with Crippen LogP contribution >= 0.6 is 0 Å². The molecule has 6 nitrogen and oxygen atoms in total. The Balaban J connectivity index is 0.00000124. The van der Waals surface area contributed by atoms with E-state index >= 15 is 0 Å². The zero-order chi connectivity index (χ0) is 21.8. The number of aromatic amines is 1. The number of fused-ring (bicyclic) bond motifs is 2. The van der Waals surface area contributed by atoms with E-state index in [1.165, 1.54) is 11.1 Å². The molecule has 1 N–H and O–H groups in total. The van der Waals surface area contributed by atoms with Gasteiger partial charge in [0.1, 0.15) is 0 Å². The van der Waals surface area contributed by atoms with Crippen LogP contribution < -0.4 is 11.2 Å². The predicted octanol–water partition coefficient (Wildman–Crippen LogP) is 4.17. The van der Waals surface area contributed by atoms with E-state index in [2.05, 4.69) is 40.1 Å². The van der Waals surface area contributed by atoms with Crippen molar-refractivity contribution in [1.29, 1.82) is 0 Å². The fourth-order valence-electron chi connectivity index (χ4n) is 3.59. The molecule has 0 fully saturated rings. The first-order valence-corrected chi connectivity index (χ1v) is 10.4. The largest absolute Gasteiger partial charge is 0.349 e. The van der Waals surface area contributed by atoms with E-state index in [0.29, 0.717) is 12.4 Å². The monoisotopic (exact) mass is 404 g/mol. The van der Waals surface area contributed by atoms with Crippen LogP contribution in [0.2, 0.25) is 0 Å². The molecule has 2 aliphatic rings. The summed E-state index contributed by atoms with van der Waals surface area (Å²) in [6.07, 6.45) is 1.77. The number of benzene rings is 2. The average molecular weight is 405 g/mol. The van der Waals surface area contributed by atoms with Crippen LogP contribution in [0.1, 0.15) is 42.5 Å². The van der Waals surface area contributed by atoms with Crippen molar-refractivity contribution in [2.24, 2.45) is 0 Å². The molecule has 0 unspecified atom stereocenters. The SMILES string of the molecule is CC.Cc1cc2nc3c(=O)[nH]c(=O)nc-3n(CCCc3ccccc3C)c2cc1C. The first-order chi connectivity index (χ1) is 14.4. The van der Waals surface area contributed by atoms with Crippen LogP contribution in [0.15, 0.2) is 46.0 Å². The molecule has 156 valence electrons. The number of aromatic nitrogens is 4. The van der Waals surface area contributed by atoms with E-state index in [0.717, 1.165) is 35.0 Å². The normalized spacial score (nSPS) is 10.8. The smallest absolute Gasteiger partial charge is 0.322 e. The van der Waals surface area contributed by atoms with Crippen molar-refractivity contribution in [2.75, 3.05) is 0 Å². The first kappa shape index (κ1) is 21.4. The molecule has 2 aliphatic heterocycles. The standard InChI is InChI=1S/C22H22N4O2.C2H6/c1-13-7-4-5-8-16(13)9-6-10-26-18-12-15(3)14(2)11-17(18)23-19-20(26)24-22(28)25-21(19)27;1-2/h4-5,7-8,11-12H,6,9-10H2,1-3H3,(H,25,27,28);1-2H3. The molecule has 2 heterocycles. The highest BCUT2D eigenvalue weighted by Crippen LogP contribution is 2.24. The molecular weight excluding hydrogens is 376 g/mol. The minimum Gasteiger partial charge on any atom is -0.322 e. The molecule has 0 spiro atoms. The predicted molar refractivity (Wildman–Crippen MR) is 121 cm³/mol. The zero-order valence-electron chi connectivity index (χ0n) is 18.2. The van der Waals surface area contributed by atoms with Gasteiger partial charge in [0, 0.05) is 6.54 Å². The topological polar surface area (TPSA) is 80.6 Å². The van der Waals surface area contributed by atoms with Crippen LogP contribution in [0.3, 0.4) is 0 Å². The number of nitrogens with zero attached hydrogens (tertiary/aromatic N) is 3. The first-order valence-electron chi connectivity index (χ1n) is 10.4. The molecule has 0 atom stereocenters. The van der Waals surface area contributed by atoms with E-state index in [1.54, 1.807) is 0 Å². The van der Waals surface area contributed by atoms with E-state index in [4.69, 9.17) is 0 Å². The lowest BCUT2D eigenvalue weighted by Gasteiger charge is -2.18. The Kier molecular flexibility index (Phi) is 6.45. The average Bonchev–Trinajstić information content (AvgIpc) is 2.72. The van der Waals surface area contributed by atoms with Gasteiger partial charge in [0.05, 0.1) is 11.0 Å². The molecule has 0 radical (unpaired) electrons. The molecule has 0 saturated carbocycles. The highest BCUT2D eigenvalue weighted by atomic mass is 16.2. The van der Waals surface area contributed by atoms with Gasteiger partial charge in [0.15, 0.2) is 11.5 Å². The van der Waals surface area contributed by atoms with Gasteiger partial charge in [-0.05, 0) is 68.0 Å². The van der Waals surface area contributed by atoms with Gasteiger partial charge in [-0.25, -0.2) is 9.78 Å². The highest BCUT2D eigenvalue weighted by molar-refractivity contribution is 5.81. The Morgan fingerprint density at radius 2 is 1.63 bits per heavy atom. The molecule has 0 amide bonds. The van der Waals surface area contributed by atoms with Crippen molar-refractivity contribution >= 4 is 11.0 Å². The van der Waals surface area contributed by atoms with Gasteiger partial charge in [-0.15, -0.1) is 0 Å². The van der Waals surface area contributed by atoms with Gasteiger partial charge in [-0.3, -0.25) is 9.78 Å². The maximum absolute atomic E-state index is 12.3. The molecule has 0 aromatic heterocycles. The van der Waals surface area contributed by atoms with Crippen LogP contribution in [0.25, 0.3) is 22.6 Å². The minimum atomic E-state index is -0.643. The fraction of sp³-hybridized carbons (Fsp3) is 0.333. The summed E-state index contributed by atoms with van der Waals surface area (Å²) in [7, 11) is 0. The van der Waals surface area contributed by atoms with Crippen molar-refractivity contribution in [1.82, 2.24) is 19.5 Å². The summed E-state index contributed by atoms with van der Waals surface area (Å²) in [5.41, 5.74) is 5.48. The number of hydrogen-bond donors (Lipinski definition) is 1. The van der Waals surface area contributed by atoms with Gasteiger partial charge < -0.3 is 4.57 Å². The summed E-state index contributed by atoms with van der Waals surface area (Å²) < 4.78 is 1.96. The maximum atomic E-state index is 12.3. The fourth-order valence-corrected chi connectivity index (χ4v) is 3.59. The summed E-state index contributed by atoms with van der Waals surface area (Å²) >= 11 is 0. The van der Waals surface area contributed by atoms with E-state index < -0.39 is 11.2 Å². The summed E-state index contributed by atoms with van der Waals surface area (Å²) in [6.45, 7) is 10.8. The molecule has 0 saturated heterocycles. The summed E-state index contributed by atoms with van der Waals surface area (Å²) in [5, 5.41) is 0. The maximum Gasteiger partial charge on any atom is 0.349 e. The minimum absolute atomic E-state index is 0.200. The Labute approximate surface area is 176 Å². The van der Waals surface area contributed by atoms with Crippen LogP contribution in [0, 0.1) is 20.8 Å². The second-order valence-electron chi connectivity index (χ2n) is 7.26. The van der Waals surface area contributed by atoms with E-state index in [-0.39, 0.29) is 5.69 Å². The highest BCUT2D eigenvalue weighted by Gasteiger charge is 2.19. The summed E-state index contributed by atoms with van der Waals surface area (Å²) in [5.74, 6) is 0.342. The van der Waals surface area contributed by atoms with Crippen molar-refractivity contribution in [3.63, 3.8) is 0 Å². The Morgan fingerprint density at radius 3 is 2.37 bits per heavy atom. The summed E-state index contributed by atoms with van der Waals surface area (Å²) in [4.78, 5) is 35.0. The molecule has 6 heteroatoms. The van der Waals surface area contributed by atoms with Gasteiger partial charge in [0.25, 0.3) is 5.56 Å². The van der Waals surface area contributed by atoms with Crippen LogP contribution in [-0.2, 0) is 13.0 Å². The third-order valence-electron chi connectivity index (χ3n) is 5.31. The molecular formula is C24H28N4O2. The second kappa shape index (κ2) is 9.03. The Hall–Kier alpha value is -3.28. The summed E-state index contributed by atoms with van der Waals surface area (Å²) in [6, 6.07) is 12.4. The van der Waals surface area contributed by atoms with Crippen LogP contribution in [0.4, 0.5) is 0 Å². The number of aryl methyl sites for hydroxylation is 5. The van der Waals surface area contributed by atoms with Crippen LogP contribution in [0.5, 0.6) is 0 Å². The lowest BCUT2D eigenvalue weighted by molar-refractivity contribution is 0.647. The Morgan fingerprint density at radius 1 is 0.933 bits per heavy atom. The lowest BCUT2D eigenvalue weighted by Crippen LogP contribution is -2.29. The number of H-pyrrole nitrogens is 1. The molecule has 2 aromatic carbocycles. The van der Waals surface area contributed by atoms with E-state index in [1.807, 2.05) is 50.5 Å². The van der Waals surface area contributed by atoms with Crippen LogP contribution in [-0.4, -0.2) is 19.5 Å². The van der Waals surface area contributed by atoms with Crippen molar-refractivity contribution in [3.8, 4) is 11.5 Å². The molecule has 30 heavy (non-hydrogen) atoms. The third kappa shape index (κ3) is 4.17. The number of rotatable bonds is 4. The van der Waals surface area contributed by atoms with Gasteiger partial charge in [-0.1, -0.05) is 38.1 Å². The number of nitrogens with one attached hydrogen (secondary N) is 1. The lowest BCUT2D eigenvalue weighted by atomic mass is 10.0.